The maximum atomic E-state index is 11.1. The van der Waals surface area contributed by atoms with Crippen molar-refractivity contribution < 1.29 is 4.79 Å². The Bertz CT molecular complexity index is 528. The summed E-state index contributed by atoms with van der Waals surface area (Å²) in [6.45, 7) is 7.38. The molecule has 2 rings (SSSR count). The quantitative estimate of drug-likeness (QED) is 0.635. The highest BCUT2D eigenvalue weighted by Crippen LogP contribution is 2.20. The van der Waals surface area contributed by atoms with E-state index >= 15 is 0 Å². The first-order chi connectivity index (χ1) is 10.6. The fourth-order valence-electron chi connectivity index (χ4n) is 2.76. The van der Waals surface area contributed by atoms with Gasteiger partial charge in [0.15, 0.2) is 5.96 Å². The predicted octanol–water partition coefficient (Wildman–Crippen LogP) is 1.50. The molecule has 0 radical (unpaired) electrons. The summed E-state index contributed by atoms with van der Waals surface area (Å²) in [5.74, 6) is 1.04. The number of carbonyl (C=O) groups excluding carboxylic acids is 1. The van der Waals surface area contributed by atoms with Crippen LogP contribution in [-0.2, 0) is 11.3 Å². The third kappa shape index (κ3) is 4.69. The van der Waals surface area contributed by atoms with E-state index in [-0.39, 0.29) is 5.91 Å². The topological polar surface area (TPSA) is 83.6 Å². The number of amides is 1. The summed E-state index contributed by atoms with van der Waals surface area (Å²) in [6.07, 6.45) is 2.60. The monoisotopic (exact) mass is 323 g/mol. The molecule has 22 heavy (non-hydrogen) atoms. The number of hydrogen-bond donors (Lipinski definition) is 2. The van der Waals surface area contributed by atoms with Crippen molar-refractivity contribution in [2.45, 2.75) is 39.7 Å². The molecule has 0 aliphatic carbocycles. The Kier molecular flexibility index (Phi) is 6.18. The third-order valence-electron chi connectivity index (χ3n) is 3.86. The van der Waals surface area contributed by atoms with E-state index < -0.39 is 0 Å². The molecule has 1 unspecified atom stereocenters. The molecule has 0 saturated carbocycles. The van der Waals surface area contributed by atoms with Crippen LogP contribution in [0.5, 0.6) is 0 Å². The highest BCUT2D eigenvalue weighted by atomic mass is 32.1. The Morgan fingerprint density at radius 2 is 2.45 bits per heavy atom. The van der Waals surface area contributed by atoms with Crippen LogP contribution in [0.25, 0.3) is 0 Å². The van der Waals surface area contributed by atoms with Gasteiger partial charge < -0.3 is 16.0 Å². The molecule has 0 spiro atoms. The van der Waals surface area contributed by atoms with Crippen molar-refractivity contribution in [2.75, 3.05) is 19.6 Å². The number of nitrogens with zero attached hydrogens (tertiary/aromatic N) is 3. The zero-order valence-electron chi connectivity index (χ0n) is 13.3. The van der Waals surface area contributed by atoms with Gasteiger partial charge in [0.1, 0.15) is 0 Å². The lowest BCUT2D eigenvalue weighted by Gasteiger charge is -2.34. The van der Waals surface area contributed by atoms with Gasteiger partial charge in [-0.15, -0.1) is 11.3 Å². The lowest BCUT2D eigenvalue weighted by atomic mass is 9.95. The first-order valence-electron chi connectivity index (χ1n) is 7.80. The van der Waals surface area contributed by atoms with Crippen LogP contribution < -0.4 is 11.1 Å². The Morgan fingerprint density at radius 3 is 3.09 bits per heavy atom. The van der Waals surface area contributed by atoms with E-state index in [0.717, 1.165) is 44.1 Å². The van der Waals surface area contributed by atoms with E-state index in [4.69, 9.17) is 10.7 Å². The zero-order valence-corrected chi connectivity index (χ0v) is 14.2. The van der Waals surface area contributed by atoms with Crippen molar-refractivity contribution in [3.8, 4) is 0 Å². The number of primary amides is 1. The highest BCUT2D eigenvalue weighted by molar-refractivity contribution is 7.09. The van der Waals surface area contributed by atoms with Gasteiger partial charge in [0.25, 0.3) is 0 Å². The second-order valence-electron chi connectivity index (χ2n) is 5.66. The molecule has 1 aliphatic heterocycles. The molecule has 1 fully saturated rings. The van der Waals surface area contributed by atoms with E-state index in [1.807, 2.05) is 12.4 Å². The van der Waals surface area contributed by atoms with E-state index in [0.29, 0.717) is 18.9 Å². The minimum absolute atomic E-state index is 0.214. The summed E-state index contributed by atoms with van der Waals surface area (Å²) in [6, 6.07) is 0. The molecule has 1 atom stereocenters. The van der Waals surface area contributed by atoms with Crippen LogP contribution in [0, 0.1) is 12.8 Å². The van der Waals surface area contributed by atoms with Crippen molar-refractivity contribution in [1.82, 2.24) is 15.2 Å². The average Bonchev–Trinajstić information content (AvgIpc) is 2.88. The fraction of sp³-hybridized carbons (Fsp3) is 0.667. The number of aromatic nitrogens is 1. The molecule has 6 nitrogen and oxygen atoms in total. The van der Waals surface area contributed by atoms with E-state index in [1.54, 1.807) is 11.3 Å². The first kappa shape index (κ1) is 16.7. The molecule has 0 aromatic carbocycles. The molecule has 1 saturated heterocycles. The number of aryl methyl sites for hydroxylation is 1. The SMILES string of the molecule is CCNC(=NCc1scnc1C)N1CCCC(CC(N)=O)C1. The molecule has 2 heterocycles. The summed E-state index contributed by atoms with van der Waals surface area (Å²) < 4.78 is 0. The summed E-state index contributed by atoms with van der Waals surface area (Å²) >= 11 is 1.64. The van der Waals surface area contributed by atoms with E-state index in [9.17, 15) is 4.79 Å². The van der Waals surface area contributed by atoms with Gasteiger partial charge in [0, 0.05) is 30.9 Å². The zero-order chi connectivity index (χ0) is 15.9. The standard InChI is InChI=1S/C15H25N5OS/c1-3-17-15(18-8-13-11(2)19-10-22-13)20-6-4-5-12(9-20)7-14(16)21/h10,12H,3-9H2,1-2H3,(H2,16,21)(H,17,18). The Labute approximate surface area is 135 Å². The molecule has 1 aromatic heterocycles. The molecular formula is C15H25N5OS. The minimum atomic E-state index is -0.214. The molecule has 1 amide bonds. The smallest absolute Gasteiger partial charge is 0.217 e. The lowest BCUT2D eigenvalue weighted by Crippen LogP contribution is -2.47. The number of thiazole rings is 1. The van der Waals surface area contributed by atoms with Gasteiger partial charge in [-0.25, -0.2) is 9.98 Å². The second kappa shape index (κ2) is 8.12. The maximum absolute atomic E-state index is 11.1. The maximum Gasteiger partial charge on any atom is 0.217 e. The largest absolute Gasteiger partial charge is 0.370 e. The van der Waals surface area contributed by atoms with Gasteiger partial charge in [-0.3, -0.25) is 4.79 Å². The van der Waals surface area contributed by atoms with Gasteiger partial charge in [-0.1, -0.05) is 0 Å². The number of piperidine rings is 1. The Hall–Kier alpha value is -1.63. The average molecular weight is 323 g/mol. The van der Waals surface area contributed by atoms with Crippen LogP contribution in [-0.4, -0.2) is 41.4 Å². The molecule has 7 heteroatoms. The summed E-state index contributed by atoms with van der Waals surface area (Å²) in [4.78, 5) is 23.6. The van der Waals surface area contributed by atoms with E-state index in [2.05, 4.69) is 22.1 Å². The first-order valence-corrected chi connectivity index (χ1v) is 8.68. The molecule has 1 aromatic rings. The number of nitrogens with two attached hydrogens (primary N) is 1. The van der Waals surface area contributed by atoms with Crippen molar-refractivity contribution in [3.63, 3.8) is 0 Å². The summed E-state index contributed by atoms with van der Waals surface area (Å²) in [7, 11) is 0. The lowest BCUT2D eigenvalue weighted by molar-refractivity contribution is -0.119. The van der Waals surface area contributed by atoms with Crippen molar-refractivity contribution in [3.05, 3.63) is 16.1 Å². The normalized spacial score (nSPS) is 19.3. The van der Waals surface area contributed by atoms with Gasteiger partial charge in [-0.05, 0) is 32.6 Å². The minimum Gasteiger partial charge on any atom is -0.370 e. The van der Waals surface area contributed by atoms with Gasteiger partial charge >= 0.3 is 0 Å². The predicted molar refractivity (Wildman–Crippen MR) is 89.8 cm³/mol. The molecular weight excluding hydrogens is 298 g/mol. The van der Waals surface area contributed by atoms with E-state index in [1.165, 1.54) is 4.88 Å². The van der Waals surface area contributed by atoms with Crippen molar-refractivity contribution >= 4 is 23.2 Å². The van der Waals surface area contributed by atoms with Crippen LogP contribution in [0.3, 0.4) is 0 Å². The highest BCUT2D eigenvalue weighted by Gasteiger charge is 2.23. The number of guanidine groups is 1. The number of aliphatic imine (C=N–C) groups is 1. The Morgan fingerprint density at radius 1 is 1.64 bits per heavy atom. The van der Waals surface area contributed by atoms with Crippen LogP contribution in [0.2, 0.25) is 0 Å². The second-order valence-corrected chi connectivity index (χ2v) is 6.60. The van der Waals surface area contributed by atoms with Gasteiger partial charge in [0.2, 0.25) is 5.91 Å². The molecule has 3 N–H and O–H groups in total. The number of carbonyl (C=O) groups is 1. The van der Waals surface area contributed by atoms with Gasteiger partial charge in [-0.2, -0.15) is 0 Å². The van der Waals surface area contributed by atoms with Crippen LogP contribution >= 0.6 is 11.3 Å². The van der Waals surface area contributed by atoms with Crippen LogP contribution in [0.1, 0.15) is 36.8 Å². The number of hydrogen-bond acceptors (Lipinski definition) is 4. The van der Waals surface area contributed by atoms with Crippen molar-refractivity contribution in [2.24, 2.45) is 16.6 Å². The van der Waals surface area contributed by atoms with Crippen LogP contribution in [0.15, 0.2) is 10.5 Å². The third-order valence-corrected chi connectivity index (χ3v) is 4.78. The van der Waals surface area contributed by atoms with Gasteiger partial charge in [0.05, 0.1) is 17.7 Å². The number of rotatable bonds is 5. The van der Waals surface area contributed by atoms with Crippen LogP contribution in [0.4, 0.5) is 0 Å². The van der Waals surface area contributed by atoms with Crippen molar-refractivity contribution in [1.29, 1.82) is 0 Å². The number of likely N-dealkylation sites (tertiary alicyclic amines) is 1. The number of nitrogens with one attached hydrogen (secondary N) is 1. The Balaban J connectivity index is 2.03. The summed E-state index contributed by atoms with van der Waals surface area (Å²) in [5, 5.41) is 3.35. The fourth-order valence-corrected chi connectivity index (χ4v) is 3.46. The summed E-state index contributed by atoms with van der Waals surface area (Å²) in [5.41, 5.74) is 8.24. The molecule has 0 bridgehead atoms. The molecule has 1 aliphatic rings. The molecule has 122 valence electrons.